The summed E-state index contributed by atoms with van der Waals surface area (Å²) in [6.45, 7) is 1.70. The van der Waals surface area contributed by atoms with Gasteiger partial charge in [0.1, 0.15) is 9.84 Å². The van der Waals surface area contributed by atoms with Crippen molar-refractivity contribution in [2.24, 2.45) is 5.92 Å². The molecule has 1 aromatic rings. The number of benzene rings is 1. The van der Waals surface area contributed by atoms with E-state index in [1.54, 1.807) is 6.07 Å². The molecule has 3 nitrogen and oxygen atoms in total. The predicted molar refractivity (Wildman–Crippen MR) is 84.5 cm³/mol. The fourth-order valence-electron chi connectivity index (χ4n) is 2.84. The van der Waals surface area contributed by atoms with Gasteiger partial charge < -0.3 is 5.32 Å². The van der Waals surface area contributed by atoms with Gasteiger partial charge in [0, 0.05) is 18.7 Å². The molecule has 1 aromatic carbocycles. The second-order valence-electron chi connectivity index (χ2n) is 5.48. The molecule has 1 saturated heterocycles. The number of hydrogen-bond donors (Lipinski definition) is 1. The van der Waals surface area contributed by atoms with E-state index in [9.17, 15) is 8.42 Å². The van der Waals surface area contributed by atoms with Gasteiger partial charge in [0.2, 0.25) is 0 Å². The third-order valence-corrected chi connectivity index (χ3v) is 5.52. The van der Waals surface area contributed by atoms with Gasteiger partial charge in [-0.1, -0.05) is 29.3 Å². The molecule has 0 saturated carbocycles. The summed E-state index contributed by atoms with van der Waals surface area (Å²) in [5.41, 5.74) is 1.06. The van der Waals surface area contributed by atoms with Crippen LogP contribution in [0.15, 0.2) is 18.2 Å². The lowest BCUT2D eigenvalue weighted by Crippen LogP contribution is -2.27. The maximum atomic E-state index is 11.6. The molecule has 0 radical (unpaired) electrons. The summed E-state index contributed by atoms with van der Waals surface area (Å²) in [6, 6.07) is 5.58. The molecular formula is C14H19Cl2NO2S. The van der Waals surface area contributed by atoms with Gasteiger partial charge in [0.25, 0.3) is 0 Å². The molecule has 0 amide bonds. The molecular weight excluding hydrogens is 317 g/mol. The minimum atomic E-state index is -2.99. The van der Waals surface area contributed by atoms with Crippen molar-refractivity contribution in [3.63, 3.8) is 0 Å². The summed E-state index contributed by atoms with van der Waals surface area (Å²) < 4.78 is 23.3. The van der Waals surface area contributed by atoms with Crippen LogP contribution in [0.3, 0.4) is 0 Å². The molecule has 1 fully saturated rings. The van der Waals surface area contributed by atoms with Gasteiger partial charge in [-0.05, 0) is 43.0 Å². The summed E-state index contributed by atoms with van der Waals surface area (Å²) in [7, 11) is -2.99. The Labute approximate surface area is 130 Å². The summed E-state index contributed by atoms with van der Waals surface area (Å²) >= 11 is 12.0. The zero-order valence-corrected chi connectivity index (χ0v) is 13.7. The predicted octanol–water partition coefficient (Wildman–Crippen LogP) is 3.12. The van der Waals surface area contributed by atoms with E-state index in [-0.39, 0.29) is 17.6 Å². The summed E-state index contributed by atoms with van der Waals surface area (Å²) in [6.07, 6.45) is 3.21. The van der Waals surface area contributed by atoms with Gasteiger partial charge in [-0.2, -0.15) is 0 Å². The highest BCUT2D eigenvalue weighted by Gasteiger charge is 2.28. The minimum Gasteiger partial charge on any atom is -0.316 e. The fourth-order valence-corrected chi connectivity index (χ4v) is 4.32. The van der Waals surface area contributed by atoms with Crippen molar-refractivity contribution in [3.8, 4) is 0 Å². The lowest BCUT2D eigenvalue weighted by Gasteiger charge is -2.25. The van der Waals surface area contributed by atoms with Crippen molar-refractivity contribution >= 4 is 33.0 Å². The SMILES string of the molecule is CS(=O)(=O)C[C@H]1CCCNC[C@H]1c1ccc(Cl)c(Cl)c1. The molecule has 0 unspecified atom stereocenters. The number of nitrogens with one attached hydrogen (secondary N) is 1. The minimum absolute atomic E-state index is 0.122. The summed E-state index contributed by atoms with van der Waals surface area (Å²) in [5.74, 6) is 0.499. The van der Waals surface area contributed by atoms with Crippen molar-refractivity contribution in [1.82, 2.24) is 5.32 Å². The first-order valence-electron chi connectivity index (χ1n) is 6.70. The van der Waals surface area contributed by atoms with Gasteiger partial charge >= 0.3 is 0 Å². The van der Waals surface area contributed by atoms with Crippen LogP contribution in [0, 0.1) is 5.92 Å². The van der Waals surface area contributed by atoms with E-state index in [0.29, 0.717) is 10.0 Å². The molecule has 2 atom stereocenters. The largest absolute Gasteiger partial charge is 0.316 e. The van der Waals surface area contributed by atoms with Gasteiger partial charge in [-0.25, -0.2) is 8.42 Å². The Morgan fingerprint density at radius 2 is 2.05 bits per heavy atom. The molecule has 0 bridgehead atoms. The molecule has 0 spiro atoms. The van der Waals surface area contributed by atoms with E-state index in [0.717, 1.165) is 31.5 Å². The highest BCUT2D eigenvalue weighted by Crippen LogP contribution is 2.33. The van der Waals surface area contributed by atoms with Crippen molar-refractivity contribution in [2.75, 3.05) is 25.1 Å². The zero-order valence-electron chi connectivity index (χ0n) is 11.4. The van der Waals surface area contributed by atoms with Crippen LogP contribution in [0.5, 0.6) is 0 Å². The van der Waals surface area contributed by atoms with Gasteiger partial charge in [-0.3, -0.25) is 0 Å². The summed E-state index contributed by atoms with van der Waals surface area (Å²) in [5, 5.41) is 4.42. The Morgan fingerprint density at radius 1 is 1.30 bits per heavy atom. The average molecular weight is 336 g/mol. The molecule has 1 heterocycles. The van der Waals surface area contributed by atoms with E-state index >= 15 is 0 Å². The molecule has 1 aliphatic rings. The second-order valence-corrected chi connectivity index (χ2v) is 8.48. The molecule has 1 N–H and O–H groups in total. The normalized spacial score (nSPS) is 24.4. The Bertz CT molecular complexity index is 575. The van der Waals surface area contributed by atoms with Crippen molar-refractivity contribution in [2.45, 2.75) is 18.8 Å². The standard InChI is InChI=1S/C14H19Cl2NO2S/c1-20(18,19)9-11-3-2-6-17-8-12(11)10-4-5-13(15)14(16)7-10/h4-5,7,11-12,17H,2-3,6,8-9H2,1H3/t11-,12+/m1/s1. The fraction of sp³-hybridized carbons (Fsp3) is 0.571. The maximum Gasteiger partial charge on any atom is 0.147 e. The number of rotatable bonds is 3. The van der Waals surface area contributed by atoms with Crippen LogP contribution in [0.1, 0.15) is 24.3 Å². The maximum absolute atomic E-state index is 11.6. The van der Waals surface area contributed by atoms with Crippen LogP contribution < -0.4 is 5.32 Å². The number of halogens is 2. The third-order valence-electron chi connectivity index (χ3n) is 3.75. The van der Waals surface area contributed by atoms with E-state index in [2.05, 4.69) is 5.32 Å². The van der Waals surface area contributed by atoms with Crippen LogP contribution in [0.2, 0.25) is 10.0 Å². The Balaban J connectivity index is 2.29. The molecule has 6 heteroatoms. The molecule has 0 aliphatic carbocycles. The van der Waals surface area contributed by atoms with Gasteiger partial charge in [0.05, 0.1) is 15.8 Å². The van der Waals surface area contributed by atoms with Crippen LogP contribution in [0.4, 0.5) is 0 Å². The Kier molecular flexibility index (Phi) is 5.35. The lowest BCUT2D eigenvalue weighted by atomic mass is 9.85. The molecule has 20 heavy (non-hydrogen) atoms. The van der Waals surface area contributed by atoms with E-state index < -0.39 is 9.84 Å². The molecule has 1 aliphatic heterocycles. The van der Waals surface area contributed by atoms with E-state index in [4.69, 9.17) is 23.2 Å². The van der Waals surface area contributed by atoms with E-state index in [1.165, 1.54) is 6.26 Å². The van der Waals surface area contributed by atoms with Gasteiger partial charge in [0.15, 0.2) is 0 Å². The van der Waals surface area contributed by atoms with Crippen LogP contribution in [-0.4, -0.2) is 33.5 Å². The third kappa shape index (κ3) is 4.35. The van der Waals surface area contributed by atoms with Crippen molar-refractivity contribution in [3.05, 3.63) is 33.8 Å². The number of hydrogen-bond acceptors (Lipinski definition) is 3. The van der Waals surface area contributed by atoms with Crippen LogP contribution in [0.25, 0.3) is 0 Å². The van der Waals surface area contributed by atoms with Gasteiger partial charge in [-0.15, -0.1) is 0 Å². The van der Waals surface area contributed by atoms with Crippen molar-refractivity contribution in [1.29, 1.82) is 0 Å². The molecule has 112 valence electrons. The molecule has 0 aromatic heterocycles. The van der Waals surface area contributed by atoms with E-state index in [1.807, 2.05) is 12.1 Å². The smallest absolute Gasteiger partial charge is 0.147 e. The highest BCUT2D eigenvalue weighted by atomic mass is 35.5. The quantitative estimate of drug-likeness (QED) is 0.922. The lowest BCUT2D eigenvalue weighted by molar-refractivity contribution is 0.446. The number of sulfone groups is 1. The van der Waals surface area contributed by atoms with Crippen LogP contribution in [-0.2, 0) is 9.84 Å². The van der Waals surface area contributed by atoms with Crippen LogP contribution >= 0.6 is 23.2 Å². The molecule has 2 rings (SSSR count). The Morgan fingerprint density at radius 3 is 2.70 bits per heavy atom. The second kappa shape index (κ2) is 6.65. The zero-order chi connectivity index (χ0) is 14.8. The van der Waals surface area contributed by atoms with Crippen molar-refractivity contribution < 1.29 is 8.42 Å². The topological polar surface area (TPSA) is 46.2 Å². The first-order chi connectivity index (χ1) is 9.37. The first-order valence-corrected chi connectivity index (χ1v) is 9.52. The summed E-state index contributed by atoms with van der Waals surface area (Å²) in [4.78, 5) is 0. The Hall–Kier alpha value is -0.290. The average Bonchev–Trinajstić information content (AvgIpc) is 2.56. The first kappa shape index (κ1) is 16.1. The highest BCUT2D eigenvalue weighted by molar-refractivity contribution is 7.90. The monoisotopic (exact) mass is 335 g/mol.